The summed E-state index contributed by atoms with van der Waals surface area (Å²) in [4.78, 5) is 18.0. The molecule has 1 unspecified atom stereocenters. The number of hydrogen-bond donors (Lipinski definition) is 1. The van der Waals surface area contributed by atoms with Gasteiger partial charge in [0.1, 0.15) is 5.82 Å². The highest BCUT2D eigenvalue weighted by Crippen LogP contribution is 2.33. The maximum atomic E-state index is 14.4. The summed E-state index contributed by atoms with van der Waals surface area (Å²) >= 11 is 0. The van der Waals surface area contributed by atoms with Crippen LogP contribution in [0.2, 0.25) is 0 Å². The van der Waals surface area contributed by atoms with E-state index in [2.05, 4.69) is 28.0 Å². The van der Waals surface area contributed by atoms with Gasteiger partial charge in [-0.2, -0.15) is 4.98 Å². The van der Waals surface area contributed by atoms with E-state index in [4.69, 9.17) is 14.4 Å². The zero-order chi connectivity index (χ0) is 22.8. The molecular formula is C24H26FN3O4. The van der Waals surface area contributed by atoms with Crippen molar-refractivity contribution in [1.82, 2.24) is 10.1 Å². The first-order valence-electron chi connectivity index (χ1n) is 10.7. The van der Waals surface area contributed by atoms with Crippen molar-refractivity contribution in [2.45, 2.75) is 45.8 Å². The van der Waals surface area contributed by atoms with Gasteiger partial charge in [0.15, 0.2) is 0 Å². The minimum Gasteiger partial charge on any atom is -0.478 e. The molecule has 1 saturated heterocycles. The number of nitrogens with zero attached hydrogens (tertiary/aromatic N) is 3. The number of carbonyl (C=O) groups is 1. The Morgan fingerprint density at radius 3 is 2.84 bits per heavy atom. The van der Waals surface area contributed by atoms with Crippen molar-refractivity contribution in [1.29, 1.82) is 0 Å². The molecule has 8 heteroatoms. The van der Waals surface area contributed by atoms with Crippen LogP contribution in [-0.4, -0.2) is 40.9 Å². The Hall–Kier alpha value is -3.26. The highest BCUT2D eigenvalue weighted by Gasteiger charge is 2.23. The predicted molar refractivity (Wildman–Crippen MR) is 118 cm³/mol. The third-order valence-electron chi connectivity index (χ3n) is 6.02. The molecule has 1 aromatic heterocycles. The number of piperidine rings is 1. The molecule has 3 aromatic rings. The Kier molecular flexibility index (Phi) is 6.23. The smallest absolute Gasteiger partial charge is 0.338 e. The summed E-state index contributed by atoms with van der Waals surface area (Å²) in [6, 6.07) is 9.15. The van der Waals surface area contributed by atoms with E-state index >= 15 is 0 Å². The van der Waals surface area contributed by atoms with E-state index in [9.17, 15) is 9.18 Å². The summed E-state index contributed by atoms with van der Waals surface area (Å²) < 4.78 is 25.3. The van der Waals surface area contributed by atoms with Crippen LogP contribution in [0.15, 0.2) is 34.9 Å². The van der Waals surface area contributed by atoms with E-state index in [1.54, 1.807) is 7.11 Å². The van der Waals surface area contributed by atoms with Crippen molar-refractivity contribution in [2.75, 3.05) is 18.6 Å². The fourth-order valence-corrected chi connectivity index (χ4v) is 4.27. The van der Waals surface area contributed by atoms with Crippen LogP contribution in [0, 0.1) is 12.7 Å². The summed E-state index contributed by atoms with van der Waals surface area (Å²) in [7, 11) is 1.67. The number of methoxy groups -OCH3 is 1. The minimum atomic E-state index is -1.32. The topological polar surface area (TPSA) is 88.7 Å². The average molecular weight is 439 g/mol. The number of carboxylic acid groups (broad SMARTS) is 1. The number of aromatic carboxylic acids is 1. The Labute approximate surface area is 185 Å². The fraction of sp³-hybridized carbons (Fsp3) is 0.375. The van der Waals surface area contributed by atoms with Crippen molar-refractivity contribution in [3.63, 3.8) is 0 Å². The van der Waals surface area contributed by atoms with Crippen molar-refractivity contribution in [3.05, 3.63) is 52.8 Å². The van der Waals surface area contributed by atoms with Gasteiger partial charge in [-0.15, -0.1) is 0 Å². The van der Waals surface area contributed by atoms with Crippen LogP contribution < -0.4 is 4.90 Å². The zero-order valence-electron chi connectivity index (χ0n) is 18.4. The van der Waals surface area contributed by atoms with Gasteiger partial charge in [-0.25, -0.2) is 9.18 Å². The molecule has 0 amide bonds. The van der Waals surface area contributed by atoms with Gasteiger partial charge in [0, 0.05) is 42.1 Å². The van der Waals surface area contributed by atoms with Crippen LogP contribution in [0.25, 0.3) is 22.8 Å². The van der Waals surface area contributed by atoms with Crippen molar-refractivity contribution in [3.8, 4) is 22.8 Å². The van der Waals surface area contributed by atoms with Gasteiger partial charge in [-0.3, -0.25) is 0 Å². The Balaban J connectivity index is 1.68. The third-order valence-corrected chi connectivity index (χ3v) is 6.02. The fourth-order valence-electron chi connectivity index (χ4n) is 4.27. The van der Waals surface area contributed by atoms with Gasteiger partial charge < -0.3 is 19.3 Å². The second-order valence-electron chi connectivity index (χ2n) is 8.14. The monoisotopic (exact) mass is 439 g/mol. The number of hydrogen-bond acceptors (Lipinski definition) is 6. The lowest BCUT2D eigenvalue weighted by atomic mass is 10.00. The average Bonchev–Trinajstić information content (AvgIpc) is 3.26. The number of aromatic nitrogens is 2. The molecule has 0 aliphatic carbocycles. The number of halogens is 1. The first-order chi connectivity index (χ1) is 15.4. The SMILES string of the molecule is COCc1cc(-c2nc(-c3ccc(C(=O)O)c(F)c3C)no2)ccc1N1CCCCC1C. The second kappa shape index (κ2) is 9.08. The lowest BCUT2D eigenvalue weighted by Crippen LogP contribution is -2.38. The molecule has 4 rings (SSSR count). The van der Waals surface area contributed by atoms with Crippen molar-refractivity contribution >= 4 is 11.7 Å². The van der Waals surface area contributed by atoms with Crippen LogP contribution in [0.4, 0.5) is 10.1 Å². The second-order valence-corrected chi connectivity index (χ2v) is 8.14. The van der Waals surface area contributed by atoms with E-state index in [1.165, 1.54) is 31.9 Å². The molecule has 7 nitrogen and oxygen atoms in total. The molecule has 0 bridgehead atoms. The van der Waals surface area contributed by atoms with E-state index in [0.717, 1.165) is 29.8 Å². The van der Waals surface area contributed by atoms with Crippen LogP contribution >= 0.6 is 0 Å². The molecule has 0 spiro atoms. The van der Waals surface area contributed by atoms with E-state index in [0.29, 0.717) is 24.1 Å². The molecule has 1 aliphatic heterocycles. The maximum Gasteiger partial charge on any atom is 0.338 e. The molecular weight excluding hydrogens is 413 g/mol. The van der Waals surface area contributed by atoms with E-state index in [1.807, 2.05) is 12.1 Å². The molecule has 1 fully saturated rings. The molecule has 0 saturated carbocycles. The number of carboxylic acids is 1. The molecule has 2 aromatic carbocycles. The van der Waals surface area contributed by atoms with Gasteiger partial charge >= 0.3 is 5.97 Å². The molecule has 168 valence electrons. The number of anilines is 1. The molecule has 1 atom stereocenters. The summed E-state index contributed by atoms with van der Waals surface area (Å²) in [6.07, 6.45) is 3.58. The van der Waals surface area contributed by atoms with Gasteiger partial charge in [0.25, 0.3) is 5.89 Å². The predicted octanol–water partition coefficient (Wildman–Crippen LogP) is 5.07. The number of rotatable bonds is 6. The normalized spacial score (nSPS) is 16.4. The number of benzene rings is 2. The third kappa shape index (κ3) is 4.10. The van der Waals surface area contributed by atoms with Crippen LogP contribution in [-0.2, 0) is 11.3 Å². The highest BCUT2D eigenvalue weighted by molar-refractivity contribution is 5.89. The molecule has 32 heavy (non-hydrogen) atoms. The Morgan fingerprint density at radius 2 is 2.12 bits per heavy atom. The van der Waals surface area contributed by atoms with Crippen molar-refractivity contribution < 1.29 is 23.6 Å². The van der Waals surface area contributed by atoms with E-state index in [-0.39, 0.29) is 17.0 Å². The Morgan fingerprint density at radius 1 is 1.31 bits per heavy atom. The molecule has 0 radical (unpaired) electrons. The highest BCUT2D eigenvalue weighted by atomic mass is 19.1. The molecule has 1 N–H and O–H groups in total. The largest absolute Gasteiger partial charge is 0.478 e. The van der Waals surface area contributed by atoms with Crippen LogP contribution in [0.3, 0.4) is 0 Å². The summed E-state index contributed by atoms with van der Waals surface area (Å²) in [5.41, 5.74) is 3.08. The summed E-state index contributed by atoms with van der Waals surface area (Å²) in [5.74, 6) is -1.61. The van der Waals surface area contributed by atoms with Gasteiger partial charge in [0.05, 0.1) is 12.2 Å². The van der Waals surface area contributed by atoms with Gasteiger partial charge in [-0.1, -0.05) is 5.16 Å². The van der Waals surface area contributed by atoms with Gasteiger partial charge in [-0.05, 0) is 69.0 Å². The lowest BCUT2D eigenvalue weighted by molar-refractivity contribution is 0.0691. The molecule has 2 heterocycles. The van der Waals surface area contributed by atoms with Crippen LogP contribution in [0.1, 0.15) is 47.7 Å². The maximum absolute atomic E-state index is 14.4. The summed E-state index contributed by atoms with van der Waals surface area (Å²) in [6.45, 7) is 5.21. The first kappa shape index (κ1) is 22.0. The minimum absolute atomic E-state index is 0.159. The Bertz CT molecular complexity index is 1140. The van der Waals surface area contributed by atoms with Crippen LogP contribution in [0.5, 0.6) is 0 Å². The van der Waals surface area contributed by atoms with Gasteiger partial charge in [0.2, 0.25) is 5.82 Å². The number of ether oxygens (including phenoxy) is 1. The van der Waals surface area contributed by atoms with E-state index < -0.39 is 11.8 Å². The van der Waals surface area contributed by atoms with Crippen molar-refractivity contribution in [2.24, 2.45) is 0 Å². The quantitative estimate of drug-likeness (QED) is 0.573. The standard InChI is InChI=1S/C24H26FN3O4/c1-14-6-4-5-11-28(14)20-10-7-16(12-17(20)13-31-3)23-26-22(27-32-23)18-8-9-19(24(29)30)21(25)15(18)2/h7-10,12,14H,4-6,11,13H2,1-3H3,(H,29,30). The first-order valence-corrected chi connectivity index (χ1v) is 10.7. The zero-order valence-corrected chi connectivity index (χ0v) is 18.4. The summed E-state index contributed by atoms with van der Waals surface area (Å²) in [5, 5.41) is 13.1. The molecule has 1 aliphatic rings. The lowest BCUT2D eigenvalue weighted by Gasteiger charge is -2.36.